The highest BCUT2D eigenvalue weighted by molar-refractivity contribution is 5.95. The number of phenolic OH excluding ortho intramolecular Hbond substituents is 1. The van der Waals surface area contributed by atoms with Gasteiger partial charge in [0.15, 0.2) is 0 Å². The zero-order valence-electron chi connectivity index (χ0n) is 21.8. The van der Waals surface area contributed by atoms with Gasteiger partial charge in [0.25, 0.3) is 0 Å². The molecule has 198 valence electrons. The fraction of sp³-hybridized carbons (Fsp3) is 0.414. The highest BCUT2D eigenvalue weighted by Crippen LogP contribution is 2.36. The summed E-state index contributed by atoms with van der Waals surface area (Å²) in [6.07, 6.45) is 6.10. The van der Waals surface area contributed by atoms with Crippen molar-refractivity contribution in [1.82, 2.24) is 19.8 Å². The zero-order chi connectivity index (χ0) is 26.1. The lowest BCUT2D eigenvalue weighted by Crippen LogP contribution is -2.45. The van der Waals surface area contributed by atoms with Crippen molar-refractivity contribution in [2.24, 2.45) is 0 Å². The number of benzene rings is 2. The SMILES string of the molecule is CN1CC[C@@H](Oc2nc3c(c(N4CCN(C=CC=O)CC4)n2)CCN(c2cc(O)cc4ccccc24)C3)C1. The Labute approximate surface area is 222 Å². The third-order valence-corrected chi connectivity index (χ3v) is 7.80. The first-order valence-electron chi connectivity index (χ1n) is 13.4. The van der Waals surface area contributed by atoms with Gasteiger partial charge in [0.1, 0.15) is 24.0 Å². The number of likely N-dealkylation sites (N-methyl/N-ethyl adjacent to an activating group) is 1. The van der Waals surface area contributed by atoms with Gasteiger partial charge in [0.2, 0.25) is 0 Å². The molecular weight excluding hydrogens is 480 g/mol. The first-order valence-corrected chi connectivity index (χ1v) is 13.4. The number of carbonyl (C=O) groups excluding carboxylic acids is 1. The quantitative estimate of drug-likeness (QED) is 0.394. The van der Waals surface area contributed by atoms with Gasteiger partial charge in [-0.3, -0.25) is 4.79 Å². The van der Waals surface area contributed by atoms with Crippen LogP contribution in [-0.2, 0) is 17.8 Å². The first kappa shape index (κ1) is 24.5. The topological polar surface area (TPSA) is 85.3 Å². The van der Waals surface area contributed by atoms with Gasteiger partial charge in [-0.1, -0.05) is 24.3 Å². The van der Waals surface area contributed by atoms with Crippen LogP contribution in [0.4, 0.5) is 11.5 Å². The molecule has 2 saturated heterocycles. The number of aldehydes is 1. The summed E-state index contributed by atoms with van der Waals surface area (Å²) in [6.45, 7) is 6.62. The smallest absolute Gasteiger partial charge is 0.318 e. The molecule has 0 bridgehead atoms. The lowest BCUT2D eigenvalue weighted by atomic mass is 10.0. The summed E-state index contributed by atoms with van der Waals surface area (Å²) in [7, 11) is 2.11. The van der Waals surface area contributed by atoms with Crippen molar-refractivity contribution in [3.05, 3.63) is 59.9 Å². The highest BCUT2D eigenvalue weighted by atomic mass is 16.5. The second-order valence-corrected chi connectivity index (χ2v) is 10.4. The number of aromatic hydroxyl groups is 1. The Bertz CT molecular complexity index is 1350. The van der Waals surface area contributed by atoms with E-state index in [9.17, 15) is 9.90 Å². The number of fused-ring (bicyclic) bond motifs is 2. The number of rotatable bonds is 6. The predicted molar refractivity (Wildman–Crippen MR) is 148 cm³/mol. The summed E-state index contributed by atoms with van der Waals surface area (Å²) >= 11 is 0. The number of hydrogen-bond acceptors (Lipinski definition) is 9. The summed E-state index contributed by atoms with van der Waals surface area (Å²) in [4.78, 5) is 29.7. The number of ether oxygens (including phenoxy) is 1. The molecule has 3 aromatic rings. The van der Waals surface area contributed by atoms with Gasteiger partial charge in [0, 0.05) is 74.7 Å². The molecule has 4 heterocycles. The van der Waals surface area contributed by atoms with Crippen LogP contribution < -0.4 is 14.5 Å². The summed E-state index contributed by atoms with van der Waals surface area (Å²) in [5, 5.41) is 12.6. The predicted octanol–water partition coefficient (Wildman–Crippen LogP) is 2.82. The minimum absolute atomic E-state index is 0.0888. The van der Waals surface area contributed by atoms with Crippen LogP contribution in [0.1, 0.15) is 17.7 Å². The summed E-state index contributed by atoms with van der Waals surface area (Å²) in [6, 6.07) is 12.3. The number of likely N-dealkylation sites (tertiary alicyclic amines) is 1. The van der Waals surface area contributed by atoms with Crippen molar-refractivity contribution in [3.63, 3.8) is 0 Å². The molecule has 0 saturated carbocycles. The van der Waals surface area contributed by atoms with Crippen LogP contribution in [0, 0.1) is 0 Å². The fourth-order valence-corrected chi connectivity index (χ4v) is 5.82. The van der Waals surface area contributed by atoms with E-state index in [2.05, 4.69) is 32.7 Å². The van der Waals surface area contributed by atoms with Gasteiger partial charge < -0.3 is 29.4 Å². The van der Waals surface area contributed by atoms with Crippen LogP contribution in [0.25, 0.3) is 10.8 Å². The second-order valence-electron chi connectivity index (χ2n) is 10.4. The molecule has 2 aromatic carbocycles. The number of phenols is 1. The van der Waals surface area contributed by atoms with Gasteiger partial charge >= 0.3 is 6.01 Å². The lowest BCUT2D eigenvalue weighted by Gasteiger charge is -2.38. The van der Waals surface area contributed by atoms with Gasteiger partial charge in [-0.25, -0.2) is 0 Å². The molecule has 0 aliphatic carbocycles. The maximum Gasteiger partial charge on any atom is 0.318 e. The van der Waals surface area contributed by atoms with Crippen molar-refractivity contribution in [1.29, 1.82) is 0 Å². The van der Waals surface area contributed by atoms with E-state index in [1.165, 1.54) is 5.56 Å². The largest absolute Gasteiger partial charge is 0.508 e. The molecule has 2 fully saturated rings. The number of hydrogen-bond donors (Lipinski definition) is 1. The molecule has 0 amide bonds. The van der Waals surface area contributed by atoms with Crippen LogP contribution in [0.15, 0.2) is 48.7 Å². The van der Waals surface area contributed by atoms with Gasteiger partial charge in [-0.2, -0.15) is 9.97 Å². The standard InChI is InChI=1S/C29H34N6O3/c1-32-10-7-23(19-32)38-29-30-26-20-35(27-18-22(37)17-21-5-2-3-6-24(21)27)11-8-25(26)28(31-29)34-14-12-33(13-15-34)9-4-16-36/h2-6,9,16-18,23,37H,7-8,10-15,19-20H2,1H3/t23-/m1/s1. The molecule has 0 radical (unpaired) electrons. The fourth-order valence-electron chi connectivity index (χ4n) is 5.82. The molecule has 6 rings (SSSR count). The number of carbonyl (C=O) groups is 1. The lowest BCUT2D eigenvalue weighted by molar-refractivity contribution is -0.104. The minimum Gasteiger partial charge on any atom is -0.508 e. The number of aromatic nitrogens is 2. The van der Waals surface area contributed by atoms with Crippen molar-refractivity contribution in [3.8, 4) is 11.8 Å². The molecule has 0 unspecified atom stereocenters. The van der Waals surface area contributed by atoms with E-state index >= 15 is 0 Å². The average Bonchev–Trinajstić information content (AvgIpc) is 3.35. The minimum atomic E-state index is 0.0888. The van der Waals surface area contributed by atoms with Gasteiger partial charge in [-0.15, -0.1) is 0 Å². The van der Waals surface area contributed by atoms with E-state index < -0.39 is 0 Å². The maximum atomic E-state index is 10.7. The maximum absolute atomic E-state index is 10.7. The van der Waals surface area contributed by atoms with Crippen LogP contribution >= 0.6 is 0 Å². The Morgan fingerprint density at radius 3 is 2.66 bits per heavy atom. The molecule has 3 aliphatic heterocycles. The van der Waals surface area contributed by atoms with Gasteiger partial charge in [-0.05, 0) is 37.4 Å². The van der Waals surface area contributed by atoms with E-state index in [0.717, 1.165) is 92.9 Å². The number of allylic oxidation sites excluding steroid dienone is 1. The van der Waals surface area contributed by atoms with E-state index in [0.29, 0.717) is 12.6 Å². The van der Waals surface area contributed by atoms with Crippen LogP contribution in [-0.4, -0.2) is 90.1 Å². The average molecular weight is 515 g/mol. The Hall–Kier alpha value is -3.85. The molecule has 9 heteroatoms. The summed E-state index contributed by atoms with van der Waals surface area (Å²) in [5.74, 6) is 1.24. The molecule has 1 atom stereocenters. The normalized spacial score (nSPS) is 20.3. The number of nitrogens with zero attached hydrogens (tertiary/aromatic N) is 6. The second kappa shape index (κ2) is 10.5. The van der Waals surface area contributed by atoms with Crippen molar-refractivity contribution >= 4 is 28.6 Å². The Balaban J connectivity index is 1.32. The monoisotopic (exact) mass is 514 g/mol. The Kier molecular flexibility index (Phi) is 6.76. The number of anilines is 2. The third kappa shape index (κ3) is 4.98. The van der Waals surface area contributed by atoms with Gasteiger partial charge in [0.05, 0.1) is 12.2 Å². The third-order valence-electron chi connectivity index (χ3n) is 7.80. The van der Waals surface area contributed by atoms with Crippen molar-refractivity contribution in [2.45, 2.75) is 25.5 Å². The summed E-state index contributed by atoms with van der Waals surface area (Å²) < 4.78 is 6.34. The van der Waals surface area contributed by atoms with Crippen molar-refractivity contribution in [2.75, 3.05) is 62.7 Å². The number of piperazine rings is 1. The van der Waals surface area contributed by atoms with Crippen LogP contribution in [0.3, 0.4) is 0 Å². The van der Waals surface area contributed by atoms with Crippen molar-refractivity contribution < 1.29 is 14.6 Å². The Morgan fingerprint density at radius 1 is 1.03 bits per heavy atom. The van der Waals surface area contributed by atoms with Crippen LogP contribution in [0.2, 0.25) is 0 Å². The molecule has 38 heavy (non-hydrogen) atoms. The van der Waals surface area contributed by atoms with E-state index in [4.69, 9.17) is 14.7 Å². The zero-order valence-corrected chi connectivity index (χ0v) is 21.8. The van der Waals surface area contributed by atoms with E-state index in [-0.39, 0.29) is 11.9 Å². The Morgan fingerprint density at radius 2 is 1.87 bits per heavy atom. The molecule has 3 aliphatic rings. The molecule has 0 spiro atoms. The molecule has 1 aromatic heterocycles. The highest BCUT2D eigenvalue weighted by Gasteiger charge is 2.29. The van der Waals surface area contributed by atoms with Crippen LogP contribution in [0.5, 0.6) is 11.8 Å². The first-order chi connectivity index (χ1) is 18.6. The van der Waals surface area contributed by atoms with E-state index in [1.54, 1.807) is 6.08 Å². The van der Waals surface area contributed by atoms with E-state index in [1.807, 2.05) is 36.5 Å². The molecular formula is C29H34N6O3. The summed E-state index contributed by atoms with van der Waals surface area (Å²) in [5.41, 5.74) is 3.18. The molecule has 9 nitrogen and oxygen atoms in total. The molecule has 1 N–H and O–H groups in total.